The van der Waals surface area contributed by atoms with Gasteiger partial charge in [-0.1, -0.05) is 0 Å². The number of anilines is 3. The molecule has 1 heterocycles. The zero-order chi connectivity index (χ0) is 22.4. The van der Waals surface area contributed by atoms with Gasteiger partial charge in [0.2, 0.25) is 5.88 Å². The highest BCUT2D eigenvalue weighted by molar-refractivity contribution is 7.92. The van der Waals surface area contributed by atoms with Gasteiger partial charge in [0.25, 0.3) is 10.0 Å². The fourth-order valence-corrected chi connectivity index (χ4v) is 4.04. The molecule has 1 aromatic heterocycles. The van der Waals surface area contributed by atoms with Crippen LogP contribution < -0.4 is 24.2 Å². The summed E-state index contributed by atoms with van der Waals surface area (Å²) < 4.78 is 44.0. The second-order valence-corrected chi connectivity index (χ2v) is 8.05. The molecule has 31 heavy (non-hydrogen) atoms. The Morgan fingerprint density at radius 3 is 2.29 bits per heavy atom. The molecule has 0 radical (unpaired) electrons. The van der Waals surface area contributed by atoms with Crippen LogP contribution in [-0.4, -0.2) is 39.2 Å². The first-order valence-electron chi connectivity index (χ1n) is 9.45. The Morgan fingerprint density at radius 1 is 0.935 bits per heavy atom. The van der Waals surface area contributed by atoms with Gasteiger partial charge in [-0.25, -0.2) is 13.4 Å². The summed E-state index contributed by atoms with van der Waals surface area (Å²) in [4.78, 5) is 8.52. The van der Waals surface area contributed by atoms with Crippen LogP contribution in [0.2, 0.25) is 0 Å². The molecular formula is C21H24N4O5S. The third-order valence-corrected chi connectivity index (χ3v) is 5.58. The fourth-order valence-electron chi connectivity index (χ4n) is 2.80. The monoisotopic (exact) mass is 444 g/mol. The van der Waals surface area contributed by atoms with Crippen LogP contribution >= 0.6 is 0 Å². The van der Waals surface area contributed by atoms with E-state index < -0.39 is 10.0 Å². The molecular weight excluding hydrogens is 420 g/mol. The lowest BCUT2D eigenvalue weighted by atomic mass is 10.3. The van der Waals surface area contributed by atoms with E-state index in [-0.39, 0.29) is 10.6 Å². The van der Waals surface area contributed by atoms with Crippen molar-refractivity contribution in [2.24, 2.45) is 0 Å². The Bertz CT molecular complexity index is 1150. The maximum atomic E-state index is 12.9. The first-order chi connectivity index (χ1) is 14.8. The second-order valence-electron chi connectivity index (χ2n) is 6.40. The van der Waals surface area contributed by atoms with Crippen LogP contribution in [0, 0.1) is 6.92 Å². The zero-order valence-corrected chi connectivity index (χ0v) is 18.5. The van der Waals surface area contributed by atoms with Crippen molar-refractivity contribution in [1.82, 2.24) is 9.97 Å². The molecule has 3 aromatic rings. The van der Waals surface area contributed by atoms with E-state index in [1.54, 1.807) is 49.4 Å². The molecule has 164 valence electrons. The Balaban J connectivity index is 1.78. The number of hydrogen-bond donors (Lipinski definition) is 2. The summed E-state index contributed by atoms with van der Waals surface area (Å²) in [5, 5.41) is 3.15. The van der Waals surface area contributed by atoms with E-state index in [1.807, 2.05) is 6.92 Å². The lowest BCUT2D eigenvalue weighted by Crippen LogP contribution is -2.14. The summed E-state index contributed by atoms with van der Waals surface area (Å²) in [6, 6.07) is 13.0. The number of nitrogens with one attached hydrogen (secondary N) is 2. The van der Waals surface area contributed by atoms with Crippen molar-refractivity contribution in [1.29, 1.82) is 0 Å². The van der Waals surface area contributed by atoms with E-state index in [0.717, 1.165) is 5.69 Å². The molecule has 0 unspecified atom stereocenters. The molecule has 0 fully saturated rings. The minimum Gasteiger partial charge on any atom is -0.497 e. The molecule has 0 aliphatic rings. The van der Waals surface area contributed by atoms with Gasteiger partial charge in [0.05, 0.1) is 20.8 Å². The second kappa shape index (κ2) is 9.52. The van der Waals surface area contributed by atoms with Crippen LogP contribution in [0.4, 0.5) is 17.2 Å². The minimum atomic E-state index is -3.89. The summed E-state index contributed by atoms with van der Waals surface area (Å²) in [5.74, 6) is 2.26. The zero-order valence-electron chi connectivity index (χ0n) is 17.7. The molecule has 0 spiro atoms. The summed E-state index contributed by atoms with van der Waals surface area (Å²) in [5.41, 5.74) is 1.12. The van der Waals surface area contributed by atoms with Gasteiger partial charge in [0, 0.05) is 23.5 Å². The number of aryl methyl sites for hydroxylation is 1. The minimum absolute atomic E-state index is 0.0172. The standard InChI is InChI=1S/C21H24N4O5S/c1-5-30-21-13-20(22-14(2)23-21)24-15-6-8-16(9-7-15)25-31(26,27)19-12-17(28-3)10-11-18(19)29-4/h6-13,25H,5H2,1-4H3,(H,22,23,24). The van der Waals surface area contributed by atoms with Gasteiger partial charge in [-0.3, -0.25) is 4.72 Å². The summed E-state index contributed by atoms with van der Waals surface area (Å²) >= 11 is 0. The number of ether oxygens (including phenoxy) is 3. The lowest BCUT2D eigenvalue weighted by Gasteiger charge is -2.13. The Kier molecular flexibility index (Phi) is 6.81. The number of benzene rings is 2. The van der Waals surface area contributed by atoms with Gasteiger partial charge in [-0.2, -0.15) is 4.98 Å². The van der Waals surface area contributed by atoms with Crippen LogP contribution in [-0.2, 0) is 10.0 Å². The average molecular weight is 445 g/mol. The molecule has 10 heteroatoms. The van der Waals surface area contributed by atoms with Crippen LogP contribution in [0.1, 0.15) is 12.7 Å². The van der Waals surface area contributed by atoms with E-state index in [0.29, 0.717) is 35.6 Å². The van der Waals surface area contributed by atoms with Crippen LogP contribution in [0.3, 0.4) is 0 Å². The van der Waals surface area contributed by atoms with E-state index in [1.165, 1.54) is 20.3 Å². The molecule has 0 aliphatic heterocycles. The van der Waals surface area contributed by atoms with Crippen molar-refractivity contribution >= 4 is 27.2 Å². The van der Waals surface area contributed by atoms with Gasteiger partial charge in [0.15, 0.2) is 0 Å². The number of aromatic nitrogens is 2. The Labute approximate surface area is 181 Å². The topological polar surface area (TPSA) is 112 Å². The largest absolute Gasteiger partial charge is 0.497 e. The third-order valence-electron chi connectivity index (χ3n) is 4.18. The number of methoxy groups -OCH3 is 2. The van der Waals surface area contributed by atoms with Gasteiger partial charge in [0.1, 0.15) is 28.0 Å². The quantitative estimate of drug-likeness (QED) is 0.513. The molecule has 9 nitrogen and oxygen atoms in total. The first-order valence-corrected chi connectivity index (χ1v) is 10.9. The van der Waals surface area contributed by atoms with E-state index in [4.69, 9.17) is 14.2 Å². The summed E-state index contributed by atoms with van der Waals surface area (Å²) in [6.07, 6.45) is 0. The Morgan fingerprint density at radius 2 is 1.65 bits per heavy atom. The molecule has 2 N–H and O–H groups in total. The number of sulfonamides is 1. The predicted molar refractivity (Wildman–Crippen MR) is 118 cm³/mol. The summed E-state index contributed by atoms with van der Waals surface area (Å²) in [7, 11) is -1.01. The van der Waals surface area contributed by atoms with Crippen LogP contribution in [0.5, 0.6) is 17.4 Å². The molecule has 3 rings (SSSR count). The van der Waals surface area contributed by atoms with Crippen molar-refractivity contribution in [3.8, 4) is 17.4 Å². The van der Waals surface area contributed by atoms with Gasteiger partial charge in [-0.05, 0) is 50.2 Å². The molecule has 0 saturated heterocycles. The number of rotatable bonds is 9. The van der Waals surface area contributed by atoms with Crippen LogP contribution in [0.15, 0.2) is 53.4 Å². The molecule has 0 bridgehead atoms. The maximum absolute atomic E-state index is 12.9. The molecule has 0 amide bonds. The first kappa shape index (κ1) is 22.2. The fraction of sp³-hybridized carbons (Fsp3) is 0.238. The van der Waals surface area contributed by atoms with Crippen molar-refractivity contribution in [2.75, 3.05) is 30.9 Å². The van der Waals surface area contributed by atoms with E-state index in [2.05, 4.69) is 20.0 Å². The van der Waals surface area contributed by atoms with E-state index >= 15 is 0 Å². The molecule has 2 aromatic carbocycles. The third kappa shape index (κ3) is 5.54. The number of hydrogen-bond acceptors (Lipinski definition) is 8. The highest BCUT2D eigenvalue weighted by Gasteiger charge is 2.20. The van der Waals surface area contributed by atoms with Gasteiger partial charge in [-0.15, -0.1) is 0 Å². The highest BCUT2D eigenvalue weighted by atomic mass is 32.2. The van der Waals surface area contributed by atoms with Crippen molar-refractivity contribution in [3.63, 3.8) is 0 Å². The molecule has 0 saturated carbocycles. The molecule has 0 atom stereocenters. The van der Waals surface area contributed by atoms with Crippen molar-refractivity contribution < 1.29 is 22.6 Å². The maximum Gasteiger partial charge on any atom is 0.265 e. The lowest BCUT2D eigenvalue weighted by molar-refractivity contribution is 0.325. The molecule has 0 aliphatic carbocycles. The van der Waals surface area contributed by atoms with Crippen molar-refractivity contribution in [3.05, 3.63) is 54.4 Å². The van der Waals surface area contributed by atoms with Gasteiger partial charge < -0.3 is 19.5 Å². The highest BCUT2D eigenvalue weighted by Crippen LogP contribution is 2.30. The predicted octanol–water partition coefficient (Wildman–Crippen LogP) is 3.75. The van der Waals surface area contributed by atoms with Gasteiger partial charge >= 0.3 is 0 Å². The smallest absolute Gasteiger partial charge is 0.265 e. The average Bonchev–Trinajstić information content (AvgIpc) is 2.74. The SMILES string of the molecule is CCOc1cc(Nc2ccc(NS(=O)(=O)c3cc(OC)ccc3OC)cc2)nc(C)n1. The van der Waals surface area contributed by atoms with Crippen molar-refractivity contribution in [2.45, 2.75) is 18.7 Å². The normalized spacial score (nSPS) is 11.0. The van der Waals surface area contributed by atoms with E-state index in [9.17, 15) is 8.42 Å². The Hall–Kier alpha value is -3.53. The van der Waals surface area contributed by atoms with Crippen LogP contribution in [0.25, 0.3) is 0 Å². The number of nitrogens with zero attached hydrogens (tertiary/aromatic N) is 2. The summed E-state index contributed by atoms with van der Waals surface area (Å²) in [6.45, 7) is 4.16.